The van der Waals surface area contributed by atoms with Crippen LogP contribution < -0.4 is 10.6 Å². The van der Waals surface area contributed by atoms with E-state index in [9.17, 15) is 8.42 Å². The van der Waals surface area contributed by atoms with Crippen LogP contribution in [0.3, 0.4) is 0 Å². The third kappa shape index (κ3) is 2.58. The van der Waals surface area contributed by atoms with E-state index in [1.807, 2.05) is 30.3 Å². The van der Waals surface area contributed by atoms with Crippen molar-refractivity contribution in [3.8, 4) is 0 Å². The van der Waals surface area contributed by atoms with Crippen LogP contribution >= 0.6 is 0 Å². The van der Waals surface area contributed by atoms with Gasteiger partial charge in [-0.05, 0) is 24.3 Å². The maximum absolute atomic E-state index is 13.3. The summed E-state index contributed by atoms with van der Waals surface area (Å²) in [5, 5.41) is 8.28. The summed E-state index contributed by atoms with van der Waals surface area (Å²) in [5.74, 6) is 0.720. The zero-order chi connectivity index (χ0) is 18.4. The molecule has 0 radical (unpaired) electrons. The summed E-state index contributed by atoms with van der Waals surface area (Å²) >= 11 is 0. The zero-order valence-electron chi connectivity index (χ0n) is 14.5. The summed E-state index contributed by atoms with van der Waals surface area (Å²) in [5.41, 5.74) is 1.42. The lowest BCUT2D eigenvalue weighted by atomic mass is 10.1. The molecule has 2 aromatic carbocycles. The molecule has 5 rings (SSSR count). The lowest BCUT2D eigenvalue weighted by Crippen LogP contribution is -2.51. The van der Waals surface area contributed by atoms with Gasteiger partial charge in [-0.2, -0.15) is 0 Å². The minimum atomic E-state index is -3.70. The molecule has 2 N–H and O–H groups in total. The highest BCUT2D eigenvalue weighted by atomic mass is 32.2. The number of rotatable bonds is 4. The Kier molecular flexibility index (Phi) is 3.66. The van der Waals surface area contributed by atoms with Gasteiger partial charge in [0.15, 0.2) is 0 Å². The molecule has 0 saturated carbocycles. The first kappa shape index (κ1) is 16.3. The Morgan fingerprint density at radius 1 is 0.963 bits per heavy atom. The van der Waals surface area contributed by atoms with Gasteiger partial charge in [-0.25, -0.2) is 17.4 Å². The maximum Gasteiger partial charge on any atom is 0.268 e. The number of nitrogens with zero attached hydrogens (tertiary/aromatic N) is 2. The van der Waals surface area contributed by atoms with Gasteiger partial charge in [0.25, 0.3) is 10.0 Å². The summed E-state index contributed by atoms with van der Waals surface area (Å²) in [4.78, 5) is 5.01. The van der Waals surface area contributed by atoms with Gasteiger partial charge < -0.3 is 10.6 Å². The molecule has 1 aliphatic heterocycles. The predicted molar refractivity (Wildman–Crippen MR) is 107 cm³/mol. The SMILES string of the molecule is O=S(=O)(c1ccccc1)n1ccc2c(NC3CNC3)nc3ccccc3c21. The van der Waals surface area contributed by atoms with Crippen molar-refractivity contribution in [2.24, 2.45) is 0 Å². The zero-order valence-corrected chi connectivity index (χ0v) is 15.3. The van der Waals surface area contributed by atoms with Gasteiger partial charge in [0.2, 0.25) is 0 Å². The fourth-order valence-electron chi connectivity index (χ4n) is 3.42. The molecule has 0 amide bonds. The van der Waals surface area contributed by atoms with Crippen molar-refractivity contribution in [2.45, 2.75) is 10.9 Å². The minimum Gasteiger partial charge on any atom is -0.364 e. The fraction of sp³-hybridized carbons (Fsp3) is 0.150. The molecule has 0 bridgehead atoms. The lowest BCUT2D eigenvalue weighted by Gasteiger charge is -2.28. The second-order valence-corrected chi connectivity index (χ2v) is 8.48. The third-order valence-corrected chi connectivity index (χ3v) is 6.61. The van der Waals surface area contributed by atoms with Gasteiger partial charge in [0.1, 0.15) is 5.82 Å². The highest BCUT2D eigenvalue weighted by molar-refractivity contribution is 7.90. The molecule has 1 aliphatic rings. The molecule has 0 unspecified atom stereocenters. The number of fused-ring (bicyclic) bond motifs is 3. The van der Waals surface area contributed by atoms with Crippen molar-refractivity contribution in [1.29, 1.82) is 0 Å². The topological polar surface area (TPSA) is 76.0 Å². The van der Waals surface area contributed by atoms with E-state index in [1.165, 1.54) is 3.97 Å². The standard InChI is InChI=1S/C20H18N4O2S/c25-27(26,15-6-2-1-3-7-15)24-11-10-17-19(24)16-8-4-5-9-18(16)23-20(17)22-14-12-21-13-14/h1-11,14,21H,12-13H2,(H,22,23). The molecule has 1 fully saturated rings. The molecule has 0 atom stereocenters. The normalized spacial score (nSPS) is 15.1. The second-order valence-electron chi connectivity index (χ2n) is 6.67. The van der Waals surface area contributed by atoms with Crippen LogP contribution in [0.5, 0.6) is 0 Å². The highest BCUT2D eigenvalue weighted by Crippen LogP contribution is 2.33. The summed E-state index contributed by atoms with van der Waals surface area (Å²) in [6.07, 6.45) is 1.62. The first-order valence-corrected chi connectivity index (χ1v) is 10.3. The largest absolute Gasteiger partial charge is 0.364 e. The van der Waals surface area contributed by atoms with Crippen LogP contribution in [0.25, 0.3) is 21.8 Å². The van der Waals surface area contributed by atoms with Crippen LogP contribution in [-0.2, 0) is 10.0 Å². The van der Waals surface area contributed by atoms with Crippen LogP contribution in [-0.4, -0.2) is 36.5 Å². The van der Waals surface area contributed by atoms with Crippen LogP contribution in [0.15, 0.2) is 71.8 Å². The van der Waals surface area contributed by atoms with Gasteiger partial charge >= 0.3 is 0 Å². The van der Waals surface area contributed by atoms with E-state index in [-0.39, 0.29) is 4.90 Å². The van der Waals surface area contributed by atoms with Gasteiger partial charge in [0, 0.05) is 30.1 Å². The Hall–Kier alpha value is -2.90. The number of pyridine rings is 1. The first-order valence-electron chi connectivity index (χ1n) is 8.82. The summed E-state index contributed by atoms with van der Waals surface area (Å²) < 4.78 is 27.9. The number of hydrogen-bond donors (Lipinski definition) is 2. The second kappa shape index (κ2) is 6.07. The monoisotopic (exact) mass is 378 g/mol. The van der Waals surface area contributed by atoms with E-state index in [0.717, 1.165) is 35.2 Å². The quantitative estimate of drug-likeness (QED) is 0.571. The van der Waals surface area contributed by atoms with E-state index in [4.69, 9.17) is 4.98 Å². The van der Waals surface area contributed by atoms with Crippen LogP contribution in [0.1, 0.15) is 0 Å². The van der Waals surface area contributed by atoms with Crippen molar-refractivity contribution in [2.75, 3.05) is 18.4 Å². The number of para-hydroxylation sites is 1. The molecule has 136 valence electrons. The van der Waals surface area contributed by atoms with E-state index in [0.29, 0.717) is 11.6 Å². The average molecular weight is 378 g/mol. The number of aromatic nitrogens is 2. The van der Waals surface area contributed by atoms with Crippen LogP contribution in [0.2, 0.25) is 0 Å². The Morgan fingerprint density at radius 2 is 1.70 bits per heavy atom. The van der Waals surface area contributed by atoms with Crippen molar-refractivity contribution in [3.05, 3.63) is 66.9 Å². The molecule has 1 saturated heterocycles. The van der Waals surface area contributed by atoms with Gasteiger partial charge in [-0.3, -0.25) is 0 Å². The van der Waals surface area contributed by atoms with E-state index in [1.54, 1.807) is 36.5 Å². The molecule has 0 aliphatic carbocycles. The van der Waals surface area contributed by atoms with Crippen molar-refractivity contribution >= 4 is 37.6 Å². The minimum absolute atomic E-state index is 0.265. The molecule has 0 spiro atoms. The Labute approximate surface area is 156 Å². The maximum atomic E-state index is 13.3. The third-order valence-electron chi connectivity index (χ3n) is 4.92. The number of hydrogen-bond acceptors (Lipinski definition) is 5. The van der Waals surface area contributed by atoms with E-state index < -0.39 is 10.0 Å². The van der Waals surface area contributed by atoms with Gasteiger partial charge in [-0.1, -0.05) is 36.4 Å². The molecule has 3 heterocycles. The fourth-order valence-corrected chi connectivity index (χ4v) is 4.81. The molecule has 2 aromatic heterocycles. The molecule has 6 nitrogen and oxygen atoms in total. The Balaban J connectivity index is 1.79. The van der Waals surface area contributed by atoms with Gasteiger partial charge in [0.05, 0.1) is 22.0 Å². The van der Waals surface area contributed by atoms with E-state index in [2.05, 4.69) is 10.6 Å². The number of nitrogens with one attached hydrogen (secondary N) is 2. The first-order chi connectivity index (χ1) is 13.1. The number of anilines is 1. The molecule has 4 aromatic rings. The van der Waals surface area contributed by atoms with Gasteiger partial charge in [-0.15, -0.1) is 0 Å². The van der Waals surface area contributed by atoms with Crippen molar-refractivity contribution < 1.29 is 8.42 Å². The van der Waals surface area contributed by atoms with E-state index >= 15 is 0 Å². The summed E-state index contributed by atoms with van der Waals surface area (Å²) in [6, 6.07) is 18.3. The van der Waals surface area contributed by atoms with Crippen LogP contribution in [0, 0.1) is 0 Å². The molecule has 27 heavy (non-hydrogen) atoms. The van der Waals surface area contributed by atoms with Crippen LogP contribution in [0.4, 0.5) is 5.82 Å². The lowest BCUT2D eigenvalue weighted by molar-refractivity contribution is 0.471. The summed E-state index contributed by atoms with van der Waals surface area (Å²) in [7, 11) is -3.70. The number of benzene rings is 2. The Bertz CT molecular complexity index is 1250. The average Bonchev–Trinajstić information content (AvgIpc) is 3.12. The molecular formula is C20H18N4O2S. The predicted octanol–water partition coefficient (Wildman–Crippen LogP) is 2.81. The van der Waals surface area contributed by atoms with Crippen molar-refractivity contribution in [1.82, 2.24) is 14.3 Å². The highest BCUT2D eigenvalue weighted by Gasteiger charge is 2.24. The Morgan fingerprint density at radius 3 is 2.44 bits per heavy atom. The summed E-state index contributed by atoms with van der Waals surface area (Å²) in [6.45, 7) is 1.75. The molecule has 7 heteroatoms. The molecular weight excluding hydrogens is 360 g/mol. The van der Waals surface area contributed by atoms with Crippen molar-refractivity contribution in [3.63, 3.8) is 0 Å². The smallest absolute Gasteiger partial charge is 0.268 e.